The number of anilines is 3. The molecule has 60 heavy (non-hydrogen) atoms. The van der Waals surface area contributed by atoms with E-state index in [0.717, 1.165) is 28.3 Å². The van der Waals surface area contributed by atoms with E-state index in [1.807, 2.05) is 0 Å². The molecular formula is C58H40N2. The van der Waals surface area contributed by atoms with Crippen molar-refractivity contribution in [1.82, 2.24) is 4.57 Å². The van der Waals surface area contributed by atoms with Crippen molar-refractivity contribution in [2.75, 3.05) is 4.90 Å². The van der Waals surface area contributed by atoms with Gasteiger partial charge in [-0.3, -0.25) is 0 Å². The van der Waals surface area contributed by atoms with Gasteiger partial charge >= 0.3 is 0 Å². The number of aromatic nitrogens is 1. The summed E-state index contributed by atoms with van der Waals surface area (Å²) in [6.07, 6.45) is 0. The zero-order valence-electron chi connectivity index (χ0n) is 33.0. The molecule has 0 saturated carbocycles. The van der Waals surface area contributed by atoms with Gasteiger partial charge in [0.05, 0.1) is 16.7 Å². The van der Waals surface area contributed by atoms with E-state index in [2.05, 4.69) is 252 Å². The normalized spacial score (nSPS) is 11.3. The molecule has 1 aromatic heterocycles. The fourth-order valence-electron chi connectivity index (χ4n) is 8.90. The van der Waals surface area contributed by atoms with Crippen molar-refractivity contribution in [3.8, 4) is 50.2 Å². The van der Waals surface area contributed by atoms with Crippen LogP contribution in [0.2, 0.25) is 0 Å². The third-order valence-corrected chi connectivity index (χ3v) is 11.8. The first-order chi connectivity index (χ1) is 29.8. The SMILES string of the molecule is c1ccc(-c2ccc(N(c3ccc(-c4ccccc4)c(-c4ccccc4)c3)c3ccc4c5ccccc5n(-c5cc6ccccc6cc5-c5ccccc5)c4c3)cc2)cc1. The van der Waals surface area contributed by atoms with Gasteiger partial charge in [-0.25, -0.2) is 0 Å². The lowest BCUT2D eigenvalue weighted by molar-refractivity contribution is 1.18. The van der Waals surface area contributed by atoms with E-state index in [0.29, 0.717) is 0 Å². The molecule has 0 aliphatic carbocycles. The highest BCUT2D eigenvalue weighted by Gasteiger charge is 2.21. The van der Waals surface area contributed by atoms with E-state index in [-0.39, 0.29) is 0 Å². The van der Waals surface area contributed by atoms with E-state index in [9.17, 15) is 0 Å². The molecule has 0 bridgehead atoms. The Balaban J connectivity index is 1.17. The maximum Gasteiger partial charge on any atom is 0.0562 e. The smallest absolute Gasteiger partial charge is 0.0562 e. The molecule has 0 aliphatic rings. The molecule has 0 unspecified atom stereocenters. The summed E-state index contributed by atoms with van der Waals surface area (Å²) in [5.41, 5.74) is 16.2. The van der Waals surface area contributed by atoms with Gasteiger partial charge in [0, 0.05) is 33.4 Å². The van der Waals surface area contributed by atoms with Crippen molar-refractivity contribution in [2.24, 2.45) is 0 Å². The molecule has 2 nitrogen and oxygen atoms in total. The van der Waals surface area contributed by atoms with Crippen molar-refractivity contribution >= 4 is 49.6 Å². The van der Waals surface area contributed by atoms with Crippen LogP contribution in [0.3, 0.4) is 0 Å². The summed E-state index contributed by atoms with van der Waals surface area (Å²) in [6, 6.07) is 88.0. The molecule has 282 valence electrons. The standard InChI is InChI=1S/C58H40N2/c1-5-17-41(18-6-1)42-29-31-48(32-30-42)59(49-33-35-51(43-19-7-2-8-20-43)54(39-49)44-21-9-3-10-22-44)50-34-36-53-52-27-15-16-28-56(52)60(58(53)40-50)57-38-47-26-14-13-25-46(47)37-55(57)45-23-11-4-12-24-45/h1-40H. The summed E-state index contributed by atoms with van der Waals surface area (Å²) in [5.74, 6) is 0. The lowest BCUT2D eigenvalue weighted by Gasteiger charge is -2.27. The second kappa shape index (κ2) is 15.1. The van der Waals surface area contributed by atoms with Gasteiger partial charge in [0.25, 0.3) is 0 Å². The van der Waals surface area contributed by atoms with Crippen molar-refractivity contribution in [3.63, 3.8) is 0 Å². The summed E-state index contributed by atoms with van der Waals surface area (Å²) in [7, 11) is 0. The van der Waals surface area contributed by atoms with Crippen molar-refractivity contribution < 1.29 is 0 Å². The van der Waals surface area contributed by atoms with Gasteiger partial charge in [-0.15, -0.1) is 0 Å². The quantitative estimate of drug-likeness (QED) is 0.150. The average molecular weight is 765 g/mol. The Morgan fingerprint density at radius 1 is 0.267 bits per heavy atom. The third kappa shape index (κ3) is 6.32. The van der Waals surface area contributed by atoms with Crippen LogP contribution in [-0.4, -0.2) is 4.57 Å². The van der Waals surface area contributed by atoms with Gasteiger partial charge in [-0.2, -0.15) is 0 Å². The summed E-state index contributed by atoms with van der Waals surface area (Å²) < 4.78 is 2.48. The summed E-state index contributed by atoms with van der Waals surface area (Å²) >= 11 is 0. The molecule has 0 aliphatic heterocycles. The molecule has 0 amide bonds. The Bertz CT molecular complexity index is 3280. The van der Waals surface area contributed by atoms with Crippen molar-refractivity contribution in [3.05, 3.63) is 243 Å². The summed E-state index contributed by atoms with van der Waals surface area (Å²) in [6.45, 7) is 0. The van der Waals surface area contributed by atoms with E-state index in [1.165, 1.54) is 71.6 Å². The Kier molecular flexibility index (Phi) is 8.87. The van der Waals surface area contributed by atoms with Gasteiger partial charge < -0.3 is 9.47 Å². The molecule has 10 aromatic carbocycles. The maximum absolute atomic E-state index is 2.48. The summed E-state index contributed by atoms with van der Waals surface area (Å²) in [5, 5.41) is 4.87. The van der Waals surface area contributed by atoms with Gasteiger partial charge in [0.2, 0.25) is 0 Å². The van der Waals surface area contributed by atoms with Gasteiger partial charge in [-0.05, 0) is 104 Å². The van der Waals surface area contributed by atoms with Crippen molar-refractivity contribution in [1.29, 1.82) is 0 Å². The second-order valence-electron chi connectivity index (χ2n) is 15.3. The molecule has 0 atom stereocenters. The predicted octanol–water partition coefficient (Wildman–Crippen LogP) is 16.1. The van der Waals surface area contributed by atoms with Gasteiger partial charge in [0.1, 0.15) is 0 Å². The third-order valence-electron chi connectivity index (χ3n) is 11.8. The van der Waals surface area contributed by atoms with Crippen LogP contribution in [0.4, 0.5) is 17.1 Å². The van der Waals surface area contributed by atoms with E-state index < -0.39 is 0 Å². The average Bonchev–Trinajstić information content (AvgIpc) is 3.66. The van der Waals surface area contributed by atoms with Crippen LogP contribution in [0, 0.1) is 0 Å². The highest BCUT2D eigenvalue weighted by atomic mass is 15.1. The van der Waals surface area contributed by atoms with Crippen LogP contribution in [0.5, 0.6) is 0 Å². The molecule has 0 fully saturated rings. The first kappa shape index (κ1) is 35.2. The van der Waals surface area contributed by atoms with Crippen LogP contribution in [0.25, 0.3) is 82.8 Å². The van der Waals surface area contributed by atoms with Crippen LogP contribution in [0.15, 0.2) is 243 Å². The van der Waals surface area contributed by atoms with E-state index >= 15 is 0 Å². The van der Waals surface area contributed by atoms with Crippen LogP contribution >= 0.6 is 0 Å². The van der Waals surface area contributed by atoms with Gasteiger partial charge in [-0.1, -0.05) is 188 Å². The largest absolute Gasteiger partial charge is 0.310 e. The number of nitrogens with zero attached hydrogens (tertiary/aromatic N) is 2. The molecule has 0 spiro atoms. The highest BCUT2D eigenvalue weighted by Crippen LogP contribution is 2.44. The second-order valence-corrected chi connectivity index (χ2v) is 15.3. The minimum Gasteiger partial charge on any atom is -0.310 e. The minimum absolute atomic E-state index is 1.08. The Morgan fingerprint density at radius 3 is 1.40 bits per heavy atom. The van der Waals surface area contributed by atoms with Gasteiger partial charge in [0.15, 0.2) is 0 Å². The topological polar surface area (TPSA) is 8.17 Å². The van der Waals surface area contributed by atoms with Crippen molar-refractivity contribution in [2.45, 2.75) is 0 Å². The monoisotopic (exact) mass is 764 g/mol. The van der Waals surface area contributed by atoms with Crippen LogP contribution < -0.4 is 4.90 Å². The Hall–Kier alpha value is -7.94. The molecule has 0 saturated heterocycles. The zero-order chi connectivity index (χ0) is 39.8. The first-order valence-corrected chi connectivity index (χ1v) is 20.6. The molecule has 11 rings (SSSR count). The lowest BCUT2D eigenvalue weighted by Crippen LogP contribution is -2.10. The fraction of sp³-hybridized carbons (Fsp3) is 0. The number of benzene rings is 10. The Morgan fingerprint density at radius 2 is 0.733 bits per heavy atom. The number of hydrogen-bond acceptors (Lipinski definition) is 1. The summed E-state index contributed by atoms with van der Waals surface area (Å²) in [4.78, 5) is 2.41. The molecule has 0 radical (unpaired) electrons. The zero-order valence-corrected chi connectivity index (χ0v) is 33.0. The molecule has 0 N–H and O–H groups in total. The highest BCUT2D eigenvalue weighted by molar-refractivity contribution is 6.11. The fourth-order valence-corrected chi connectivity index (χ4v) is 8.90. The maximum atomic E-state index is 2.48. The van der Waals surface area contributed by atoms with Crippen LogP contribution in [-0.2, 0) is 0 Å². The number of fused-ring (bicyclic) bond motifs is 4. The van der Waals surface area contributed by atoms with Crippen LogP contribution in [0.1, 0.15) is 0 Å². The van der Waals surface area contributed by atoms with E-state index in [4.69, 9.17) is 0 Å². The molecular weight excluding hydrogens is 725 g/mol. The number of para-hydroxylation sites is 1. The minimum atomic E-state index is 1.08. The predicted molar refractivity (Wildman–Crippen MR) is 255 cm³/mol. The Labute approximate surface area is 350 Å². The molecule has 1 heterocycles. The lowest BCUT2D eigenvalue weighted by atomic mass is 9.93. The molecule has 11 aromatic rings. The number of rotatable bonds is 8. The van der Waals surface area contributed by atoms with E-state index in [1.54, 1.807) is 0 Å². The molecule has 2 heteroatoms. The first-order valence-electron chi connectivity index (χ1n) is 20.6. The number of hydrogen-bond donors (Lipinski definition) is 0.